The van der Waals surface area contributed by atoms with Crippen molar-refractivity contribution in [1.82, 2.24) is 5.32 Å². The third-order valence-electron chi connectivity index (χ3n) is 3.66. The minimum Gasteiger partial charge on any atom is -0.317 e. The fraction of sp³-hybridized carbons (Fsp3) is 0.600. The molecule has 1 aliphatic rings. The fourth-order valence-corrected chi connectivity index (χ4v) is 3.22. The number of alkyl halides is 1. The Morgan fingerprint density at radius 3 is 2.61 bits per heavy atom. The smallest absolute Gasteiger partial charge is 0.132 e. The summed E-state index contributed by atoms with van der Waals surface area (Å²) in [5, 5.41) is 3.91. The van der Waals surface area contributed by atoms with E-state index >= 15 is 0 Å². The summed E-state index contributed by atoms with van der Waals surface area (Å²) in [4.78, 5) is 0. The average molecular weight is 270 g/mol. The highest BCUT2D eigenvalue weighted by molar-refractivity contribution is 6.31. The van der Waals surface area contributed by atoms with Gasteiger partial charge in [-0.1, -0.05) is 23.7 Å². The Labute approximate surface area is 114 Å². The Balaban J connectivity index is 2.24. The first-order chi connectivity index (χ1) is 8.48. The number of benzene rings is 1. The lowest BCUT2D eigenvalue weighted by atomic mass is 9.85. The molecule has 1 N–H and O–H groups in total. The van der Waals surface area contributed by atoms with Gasteiger partial charge in [-0.25, -0.2) is 4.39 Å². The third kappa shape index (κ3) is 3.24. The molecule has 1 aliphatic heterocycles. The van der Waals surface area contributed by atoms with Gasteiger partial charge in [0.25, 0.3) is 0 Å². The summed E-state index contributed by atoms with van der Waals surface area (Å²) in [6, 6.07) is 5.72. The Kier molecular flexibility index (Phi) is 4.29. The van der Waals surface area contributed by atoms with E-state index in [-0.39, 0.29) is 0 Å². The lowest BCUT2D eigenvalue weighted by molar-refractivity contribution is 0.219. The maximum atomic E-state index is 14.3. The van der Waals surface area contributed by atoms with Gasteiger partial charge in [-0.15, -0.1) is 0 Å². The molecule has 18 heavy (non-hydrogen) atoms. The van der Waals surface area contributed by atoms with Crippen LogP contribution in [0, 0.1) is 5.92 Å². The van der Waals surface area contributed by atoms with Crippen molar-refractivity contribution in [2.75, 3.05) is 13.1 Å². The molecule has 100 valence electrons. The Bertz CT molecular complexity index is 405. The highest BCUT2D eigenvalue weighted by atomic mass is 35.5. The molecule has 3 heteroatoms. The minimum atomic E-state index is -1.37. The first-order valence-electron chi connectivity index (χ1n) is 6.66. The van der Waals surface area contributed by atoms with Crippen LogP contribution >= 0.6 is 11.6 Å². The first kappa shape index (κ1) is 13.8. The van der Waals surface area contributed by atoms with Crippen molar-refractivity contribution in [2.45, 2.75) is 38.8 Å². The predicted molar refractivity (Wildman–Crippen MR) is 74.9 cm³/mol. The Morgan fingerprint density at radius 2 is 2.00 bits per heavy atom. The second kappa shape index (κ2) is 5.58. The molecular formula is C15H21ClFN. The molecule has 0 saturated carbocycles. The van der Waals surface area contributed by atoms with Gasteiger partial charge in [-0.3, -0.25) is 0 Å². The fourth-order valence-electron chi connectivity index (χ4n) is 2.80. The van der Waals surface area contributed by atoms with Gasteiger partial charge in [0.1, 0.15) is 5.67 Å². The topological polar surface area (TPSA) is 12.0 Å². The summed E-state index contributed by atoms with van der Waals surface area (Å²) in [5.74, 6) is 0.644. The van der Waals surface area contributed by atoms with Crippen molar-refractivity contribution in [3.63, 3.8) is 0 Å². The van der Waals surface area contributed by atoms with E-state index in [1.165, 1.54) is 12.8 Å². The van der Waals surface area contributed by atoms with E-state index in [1.807, 2.05) is 12.1 Å². The third-order valence-corrected chi connectivity index (χ3v) is 3.98. The standard InChI is InChI=1S/C15H21ClFN/c1-15(2,17)14-12(4-3-5-13(14)16)10-11-6-8-18-9-7-11/h3-5,11,18H,6-10H2,1-2H3. The van der Waals surface area contributed by atoms with Gasteiger partial charge in [0.2, 0.25) is 0 Å². The van der Waals surface area contributed by atoms with Crippen LogP contribution in [0.1, 0.15) is 37.8 Å². The van der Waals surface area contributed by atoms with Gasteiger partial charge in [-0.2, -0.15) is 0 Å². The minimum absolute atomic E-state index is 0.550. The van der Waals surface area contributed by atoms with Gasteiger partial charge in [0.15, 0.2) is 0 Å². The molecule has 0 unspecified atom stereocenters. The van der Waals surface area contributed by atoms with Crippen LogP contribution in [-0.2, 0) is 12.1 Å². The largest absolute Gasteiger partial charge is 0.317 e. The summed E-state index contributed by atoms with van der Waals surface area (Å²) in [7, 11) is 0. The average Bonchev–Trinajstić information content (AvgIpc) is 2.28. The van der Waals surface area contributed by atoms with Crippen LogP contribution in [0.5, 0.6) is 0 Å². The van der Waals surface area contributed by atoms with Gasteiger partial charge in [-0.05, 0) is 63.7 Å². The summed E-state index contributed by atoms with van der Waals surface area (Å²) in [6.45, 7) is 5.31. The maximum absolute atomic E-state index is 14.3. The summed E-state index contributed by atoms with van der Waals surface area (Å²) >= 11 is 6.18. The van der Waals surface area contributed by atoms with E-state index in [0.717, 1.165) is 25.1 Å². The molecule has 1 aromatic rings. The summed E-state index contributed by atoms with van der Waals surface area (Å²) in [5.41, 5.74) is 0.368. The second-order valence-electron chi connectivity index (χ2n) is 5.64. The van der Waals surface area contributed by atoms with Crippen molar-refractivity contribution < 1.29 is 4.39 Å². The second-order valence-corrected chi connectivity index (χ2v) is 6.05. The summed E-state index contributed by atoms with van der Waals surface area (Å²) in [6.07, 6.45) is 3.27. The lowest BCUT2D eigenvalue weighted by Gasteiger charge is -2.26. The van der Waals surface area contributed by atoms with Gasteiger partial charge in [0, 0.05) is 10.6 Å². The Hall–Kier alpha value is -0.600. The normalized spacial score (nSPS) is 18.0. The molecule has 1 fully saturated rings. The zero-order chi connectivity index (χ0) is 13.2. The quantitative estimate of drug-likeness (QED) is 0.872. The van der Waals surface area contributed by atoms with E-state index in [0.29, 0.717) is 16.5 Å². The SMILES string of the molecule is CC(C)(F)c1c(Cl)cccc1CC1CCNCC1. The highest BCUT2D eigenvalue weighted by Crippen LogP contribution is 2.35. The molecular weight excluding hydrogens is 249 g/mol. The van der Waals surface area contributed by atoms with E-state index in [4.69, 9.17) is 11.6 Å². The van der Waals surface area contributed by atoms with Crippen LogP contribution in [0.3, 0.4) is 0 Å². The van der Waals surface area contributed by atoms with Crippen molar-refractivity contribution in [3.8, 4) is 0 Å². The van der Waals surface area contributed by atoms with Crippen LogP contribution in [0.4, 0.5) is 4.39 Å². The van der Waals surface area contributed by atoms with Gasteiger partial charge in [0.05, 0.1) is 0 Å². The zero-order valence-electron chi connectivity index (χ0n) is 11.1. The predicted octanol–water partition coefficient (Wildman–Crippen LogP) is 4.09. The van der Waals surface area contributed by atoms with Crippen molar-refractivity contribution in [2.24, 2.45) is 5.92 Å². The van der Waals surface area contributed by atoms with Crippen LogP contribution in [0.15, 0.2) is 18.2 Å². The summed E-state index contributed by atoms with van der Waals surface area (Å²) < 4.78 is 14.3. The molecule has 0 radical (unpaired) electrons. The van der Waals surface area contributed by atoms with E-state index in [9.17, 15) is 4.39 Å². The molecule has 0 bridgehead atoms. The van der Waals surface area contributed by atoms with Crippen LogP contribution < -0.4 is 5.32 Å². The van der Waals surface area contributed by atoms with E-state index in [2.05, 4.69) is 5.32 Å². The van der Waals surface area contributed by atoms with Crippen molar-refractivity contribution >= 4 is 11.6 Å². The molecule has 1 heterocycles. The van der Waals surface area contributed by atoms with Crippen molar-refractivity contribution in [1.29, 1.82) is 0 Å². The molecule has 0 spiro atoms. The molecule has 0 amide bonds. The van der Waals surface area contributed by atoms with Crippen LogP contribution in [0.2, 0.25) is 5.02 Å². The van der Waals surface area contributed by atoms with Crippen LogP contribution in [0.25, 0.3) is 0 Å². The number of piperidine rings is 1. The van der Waals surface area contributed by atoms with E-state index < -0.39 is 5.67 Å². The number of halogens is 2. The number of rotatable bonds is 3. The first-order valence-corrected chi connectivity index (χ1v) is 7.04. The maximum Gasteiger partial charge on any atom is 0.132 e. The van der Waals surface area contributed by atoms with E-state index in [1.54, 1.807) is 19.9 Å². The highest BCUT2D eigenvalue weighted by Gasteiger charge is 2.26. The van der Waals surface area contributed by atoms with Gasteiger partial charge < -0.3 is 5.32 Å². The molecule has 0 aromatic heterocycles. The molecule has 1 saturated heterocycles. The van der Waals surface area contributed by atoms with Gasteiger partial charge >= 0.3 is 0 Å². The Morgan fingerprint density at radius 1 is 1.33 bits per heavy atom. The number of nitrogens with one attached hydrogen (secondary N) is 1. The number of hydrogen-bond acceptors (Lipinski definition) is 1. The van der Waals surface area contributed by atoms with Crippen LogP contribution in [-0.4, -0.2) is 13.1 Å². The lowest BCUT2D eigenvalue weighted by Crippen LogP contribution is -2.29. The molecule has 2 rings (SSSR count). The molecule has 0 atom stereocenters. The number of hydrogen-bond donors (Lipinski definition) is 1. The zero-order valence-corrected chi connectivity index (χ0v) is 11.9. The monoisotopic (exact) mass is 269 g/mol. The molecule has 0 aliphatic carbocycles. The molecule has 1 nitrogen and oxygen atoms in total. The molecule has 1 aromatic carbocycles. The van der Waals surface area contributed by atoms with Crippen molar-refractivity contribution in [3.05, 3.63) is 34.3 Å².